The van der Waals surface area contributed by atoms with Crippen molar-refractivity contribution in [3.05, 3.63) is 35.4 Å². The molecular formula is C19H31N3O2. The van der Waals surface area contributed by atoms with Gasteiger partial charge in [-0.2, -0.15) is 0 Å². The summed E-state index contributed by atoms with van der Waals surface area (Å²) in [5, 5.41) is 5.66. The first-order valence-corrected chi connectivity index (χ1v) is 8.75. The van der Waals surface area contributed by atoms with Crippen LogP contribution < -0.4 is 10.6 Å². The maximum atomic E-state index is 12.1. The van der Waals surface area contributed by atoms with Crippen LogP contribution in [0.25, 0.3) is 0 Å². The van der Waals surface area contributed by atoms with Gasteiger partial charge in [-0.25, -0.2) is 0 Å². The van der Waals surface area contributed by atoms with Crippen LogP contribution in [0.1, 0.15) is 55.5 Å². The number of unbranched alkanes of at least 4 members (excludes halogenated alkanes) is 2. The van der Waals surface area contributed by atoms with E-state index < -0.39 is 0 Å². The van der Waals surface area contributed by atoms with E-state index >= 15 is 0 Å². The number of benzene rings is 1. The van der Waals surface area contributed by atoms with E-state index in [1.807, 2.05) is 24.1 Å². The highest BCUT2D eigenvalue weighted by Crippen LogP contribution is 2.07. The summed E-state index contributed by atoms with van der Waals surface area (Å²) in [4.78, 5) is 25.6. The van der Waals surface area contributed by atoms with E-state index in [1.165, 1.54) is 12.8 Å². The average molecular weight is 333 g/mol. The number of hydrogen-bond acceptors (Lipinski definition) is 3. The molecule has 1 atom stereocenters. The zero-order valence-corrected chi connectivity index (χ0v) is 15.4. The van der Waals surface area contributed by atoms with Gasteiger partial charge in [0.15, 0.2) is 0 Å². The van der Waals surface area contributed by atoms with Crippen molar-refractivity contribution in [2.75, 3.05) is 20.6 Å². The van der Waals surface area contributed by atoms with Gasteiger partial charge in [-0.3, -0.25) is 14.5 Å². The van der Waals surface area contributed by atoms with Gasteiger partial charge in [0.05, 0.1) is 6.54 Å². The van der Waals surface area contributed by atoms with Crippen LogP contribution >= 0.6 is 0 Å². The summed E-state index contributed by atoms with van der Waals surface area (Å²) in [6, 6.07) is 7.68. The maximum absolute atomic E-state index is 12.1. The van der Waals surface area contributed by atoms with Gasteiger partial charge in [0, 0.05) is 25.2 Å². The van der Waals surface area contributed by atoms with Crippen molar-refractivity contribution < 1.29 is 9.59 Å². The van der Waals surface area contributed by atoms with Gasteiger partial charge >= 0.3 is 0 Å². The molecular weight excluding hydrogens is 302 g/mol. The van der Waals surface area contributed by atoms with E-state index in [0.29, 0.717) is 18.7 Å². The molecule has 1 aromatic carbocycles. The standard InChI is InChI=1S/C19H31N3O2/c1-5-6-7-8-15(2)21-18(23)14-22(4)13-16-9-11-17(12-10-16)19(24)20-3/h9-12,15H,5-8,13-14H2,1-4H3,(H,20,24)(H,21,23)/t15-/m1/s1. The molecule has 0 spiro atoms. The topological polar surface area (TPSA) is 61.4 Å². The molecule has 0 aliphatic rings. The van der Waals surface area contributed by atoms with E-state index in [4.69, 9.17) is 0 Å². The Bertz CT molecular complexity index is 514. The van der Waals surface area contributed by atoms with Crippen molar-refractivity contribution in [2.45, 2.75) is 52.1 Å². The van der Waals surface area contributed by atoms with Crippen molar-refractivity contribution in [2.24, 2.45) is 0 Å². The molecule has 0 aromatic heterocycles. The zero-order valence-electron chi connectivity index (χ0n) is 15.4. The predicted octanol–water partition coefficient (Wildman–Crippen LogP) is 2.56. The number of amides is 2. The van der Waals surface area contributed by atoms with Crippen LogP contribution in [0.3, 0.4) is 0 Å². The number of nitrogens with one attached hydrogen (secondary N) is 2. The van der Waals surface area contributed by atoms with Crippen LogP contribution in [0.2, 0.25) is 0 Å². The molecule has 0 saturated heterocycles. The van der Waals surface area contributed by atoms with Crippen molar-refractivity contribution in [1.82, 2.24) is 15.5 Å². The second-order valence-electron chi connectivity index (χ2n) is 6.41. The average Bonchev–Trinajstić information content (AvgIpc) is 2.54. The predicted molar refractivity (Wildman–Crippen MR) is 97.9 cm³/mol. The Labute approximate surface area is 145 Å². The van der Waals surface area contributed by atoms with Gasteiger partial charge in [0.1, 0.15) is 0 Å². The van der Waals surface area contributed by atoms with Gasteiger partial charge < -0.3 is 10.6 Å². The highest BCUT2D eigenvalue weighted by atomic mass is 16.2. The monoisotopic (exact) mass is 333 g/mol. The third-order valence-corrected chi connectivity index (χ3v) is 3.96. The Morgan fingerprint density at radius 2 is 1.83 bits per heavy atom. The minimum Gasteiger partial charge on any atom is -0.355 e. The summed E-state index contributed by atoms with van der Waals surface area (Å²) in [7, 11) is 3.54. The highest BCUT2D eigenvalue weighted by Gasteiger charge is 2.10. The lowest BCUT2D eigenvalue weighted by molar-refractivity contribution is -0.122. The van der Waals surface area contributed by atoms with Crippen molar-refractivity contribution >= 4 is 11.8 Å². The van der Waals surface area contributed by atoms with Gasteiger partial charge in [0.2, 0.25) is 5.91 Å². The smallest absolute Gasteiger partial charge is 0.251 e. The number of nitrogens with zero attached hydrogens (tertiary/aromatic N) is 1. The van der Waals surface area contributed by atoms with Crippen molar-refractivity contribution in [3.8, 4) is 0 Å². The molecule has 0 aliphatic carbocycles. The van der Waals surface area contributed by atoms with Gasteiger partial charge in [-0.1, -0.05) is 38.3 Å². The Morgan fingerprint density at radius 3 is 2.42 bits per heavy atom. The first-order chi connectivity index (χ1) is 11.5. The second-order valence-corrected chi connectivity index (χ2v) is 6.41. The molecule has 0 unspecified atom stereocenters. The van der Waals surface area contributed by atoms with Gasteiger partial charge in [0.25, 0.3) is 5.91 Å². The molecule has 134 valence electrons. The third-order valence-electron chi connectivity index (χ3n) is 3.96. The summed E-state index contributed by atoms with van der Waals surface area (Å²) < 4.78 is 0. The lowest BCUT2D eigenvalue weighted by atomic mass is 10.1. The number of carbonyl (C=O) groups is 2. The molecule has 24 heavy (non-hydrogen) atoms. The van der Waals surface area contributed by atoms with E-state index in [2.05, 4.69) is 24.5 Å². The van der Waals surface area contributed by atoms with Crippen LogP contribution in [-0.4, -0.2) is 43.4 Å². The number of rotatable bonds is 10. The van der Waals surface area contributed by atoms with Crippen LogP contribution in [-0.2, 0) is 11.3 Å². The van der Waals surface area contributed by atoms with Gasteiger partial charge in [-0.15, -0.1) is 0 Å². The van der Waals surface area contributed by atoms with E-state index in [1.54, 1.807) is 19.2 Å². The lowest BCUT2D eigenvalue weighted by Crippen LogP contribution is -2.39. The fourth-order valence-electron chi connectivity index (χ4n) is 2.61. The molecule has 5 nitrogen and oxygen atoms in total. The molecule has 0 bridgehead atoms. The Kier molecular flexibility index (Phi) is 9.08. The molecule has 1 aromatic rings. The van der Waals surface area contributed by atoms with Gasteiger partial charge in [-0.05, 0) is 38.1 Å². The minimum absolute atomic E-state index is 0.0588. The maximum Gasteiger partial charge on any atom is 0.251 e. The molecule has 0 radical (unpaired) electrons. The largest absolute Gasteiger partial charge is 0.355 e. The highest BCUT2D eigenvalue weighted by molar-refractivity contribution is 5.93. The Morgan fingerprint density at radius 1 is 1.17 bits per heavy atom. The summed E-state index contributed by atoms with van der Waals surface area (Å²) in [5.41, 5.74) is 1.72. The summed E-state index contributed by atoms with van der Waals surface area (Å²) in [5.74, 6) is -0.0326. The number of hydrogen-bond donors (Lipinski definition) is 2. The number of likely N-dealkylation sites (N-methyl/N-ethyl adjacent to an activating group) is 1. The van der Waals surface area contributed by atoms with Crippen molar-refractivity contribution in [3.63, 3.8) is 0 Å². The Hall–Kier alpha value is -1.88. The minimum atomic E-state index is -0.0913. The fraction of sp³-hybridized carbons (Fsp3) is 0.579. The molecule has 2 amide bonds. The molecule has 1 rings (SSSR count). The SMILES string of the molecule is CCCCC[C@@H](C)NC(=O)CN(C)Cc1ccc(C(=O)NC)cc1. The molecule has 0 fully saturated rings. The van der Waals surface area contributed by atoms with Crippen LogP contribution in [0.15, 0.2) is 24.3 Å². The molecule has 2 N–H and O–H groups in total. The summed E-state index contributed by atoms with van der Waals surface area (Å²) in [6.45, 7) is 5.28. The normalized spacial score (nSPS) is 12.0. The first-order valence-electron chi connectivity index (χ1n) is 8.75. The van der Waals surface area contributed by atoms with E-state index in [9.17, 15) is 9.59 Å². The van der Waals surface area contributed by atoms with Crippen LogP contribution in [0.5, 0.6) is 0 Å². The molecule has 0 aliphatic heterocycles. The quantitative estimate of drug-likeness (QED) is 0.647. The third kappa shape index (κ3) is 7.59. The van der Waals surface area contributed by atoms with Crippen molar-refractivity contribution in [1.29, 1.82) is 0 Å². The zero-order chi connectivity index (χ0) is 17.9. The molecule has 5 heteroatoms. The second kappa shape index (κ2) is 10.8. The van der Waals surface area contributed by atoms with E-state index in [-0.39, 0.29) is 17.9 Å². The van der Waals surface area contributed by atoms with E-state index in [0.717, 1.165) is 18.4 Å². The van der Waals surface area contributed by atoms with Crippen LogP contribution in [0.4, 0.5) is 0 Å². The number of carbonyl (C=O) groups excluding carboxylic acids is 2. The fourth-order valence-corrected chi connectivity index (χ4v) is 2.61. The summed E-state index contributed by atoms with van der Waals surface area (Å²) in [6.07, 6.45) is 4.60. The molecule has 0 heterocycles. The lowest BCUT2D eigenvalue weighted by Gasteiger charge is -2.19. The summed E-state index contributed by atoms with van der Waals surface area (Å²) >= 11 is 0. The molecule has 0 saturated carbocycles. The Balaban J connectivity index is 2.38. The first kappa shape index (κ1) is 20.2. The van der Waals surface area contributed by atoms with Crippen LogP contribution in [0, 0.1) is 0 Å².